The molecule has 0 bridgehead atoms. The molecule has 0 spiro atoms. The van der Waals surface area contributed by atoms with Crippen molar-refractivity contribution < 1.29 is 14.1 Å². The van der Waals surface area contributed by atoms with Crippen LogP contribution in [0, 0.1) is 10.1 Å². The van der Waals surface area contributed by atoms with Gasteiger partial charge in [0.1, 0.15) is 11.5 Å². The van der Waals surface area contributed by atoms with Crippen molar-refractivity contribution in [3.8, 4) is 11.3 Å². The van der Waals surface area contributed by atoms with E-state index in [1.54, 1.807) is 30.3 Å². The summed E-state index contributed by atoms with van der Waals surface area (Å²) in [4.78, 5) is 22.4. The Balaban J connectivity index is 1.60. The summed E-state index contributed by atoms with van der Waals surface area (Å²) in [7, 11) is 0. The van der Waals surface area contributed by atoms with Gasteiger partial charge in [-0.1, -0.05) is 46.3 Å². The van der Waals surface area contributed by atoms with E-state index in [0.29, 0.717) is 17.1 Å². The molecule has 136 valence electrons. The van der Waals surface area contributed by atoms with E-state index in [2.05, 4.69) is 26.5 Å². The predicted octanol–water partition coefficient (Wildman–Crippen LogP) is 4.31. The summed E-state index contributed by atoms with van der Waals surface area (Å²) in [5.74, 6) is 0.689. The maximum atomic E-state index is 12.0. The molecular formula is C19H14BrN3O4. The topological polar surface area (TPSA) is 97.7 Å². The minimum absolute atomic E-state index is 0.0956. The summed E-state index contributed by atoms with van der Waals surface area (Å²) < 4.78 is 6.63. The third-order valence-corrected chi connectivity index (χ3v) is 4.20. The normalized spacial score (nSPS) is 10.9. The molecule has 1 amide bonds. The van der Waals surface area contributed by atoms with Gasteiger partial charge in [0.15, 0.2) is 0 Å². The number of nitrogens with one attached hydrogen (secondary N) is 1. The molecule has 0 aliphatic rings. The van der Waals surface area contributed by atoms with Crippen LogP contribution >= 0.6 is 15.9 Å². The Morgan fingerprint density at radius 1 is 1.15 bits per heavy atom. The second kappa shape index (κ2) is 8.41. The summed E-state index contributed by atoms with van der Waals surface area (Å²) in [5, 5.41) is 14.8. The van der Waals surface area contributed by atoms with Gasteiger partial charge in [-0.05, 0) is 24.3 Å². The lowest BCUT2D eigenvalue weighted by atomic mass is 10.1. The van der Waals surface area contributed by atoms with Gasteiger partial charge in [-0.3, -0.25) is 14.9 Å². The molecule has 1 aromatic heterocycles. The van der Waals surface area contributed by atoms with Gasteiger partial charge in [-0.2, -0.15) is 5.10 Å². The number of hydrazone groups is 1. The number of hydrogen-bond acceptors (Lipinski definition) is 5. The van der Waals surface area contributed by atoms with E-state index in [0.717, 1.165) is 10.0 Å². The fourth-order valence-electron chi connectivity index (χ4n) is 2.41. The fraction of sp³-hybridized carbons (Fsp3) is 0.0526. The number of hydrogen-bond donors (Lipinski definition) is 1. The number of amides is 1. The molecule has 3 rings (SSSR count). The van der Waals surface area contributed by atoms with Gasteiger partial charge in [0.25, 0.3) is 5.69 Å². The Hall–Kier alpha value is -3.26. The standard InChI is InChI=1S/C19H14BrN3O4/c20-15-7-5-13(6-8-15)18-10-9-16(27-18)12-21-22-19(24)11-14-3-1-2-4-17(14)23(25)26/h1-10,12H,11H2,(H,22,24). The summed E-state index contributed by atoms with van der Waals surface area (Å²) in [5.41, 5.74) is 3.49. The molecule has 0 aliphatic heterocycles. The van der Waals surface area contributed by atoms with Crippen molar-refractivity contribution in [2.45, 2.75) is 6.42 Å². The highest BCUT2D eigenvalue weighted by atomic mass is 79.9. The number of rotatable bonds is 6. The Morgan fingerprint density at radius 2 is 1.89 bits per heavy atom. The summed E-state index contributed by atoms with van der Waals surface area (Å²) in [6, 6.07) is 17.3. The highest BCUT2D eigenvalue weighted by Crippen LogP contribution is 2.23. The van der Waals surface area contributed by atoms with E-state index in [9.17, 15) is 14.9 Å². The minimum Gasteiger partial charge on any atom is -0.455 e. The van der Waals surface area contributed by atoms with E-state index < -0.39 is 10.8 Å². The molecule has 0 fully saturated rings. The van der Waals surface area contributed by atoms with Crippen molar-refractivity contribution in [2.24, 2.45) is 5.10 Å². The zero-order valence-electron chi connectivity index (χ0n) is 14.0. The number of benzene rings is 2. The Kier molecular flexibility index (Phi) is 5.77. The third-order valence-electron chi connectivity index (χ3n) is 3.68. The fourth-order valence-corrected chi connectivity index (χ4v) is 2.67. The average Bonchev–Trinajstić information content (AvgIpc) is 3.11. The van der Waals surface area contributed by atoms with Crippen LogP contribution in [-0.2, 0) is 11.2 Å². The van der Waals surface area contributed by atoms with Gasteiger partial charge in [-0.25, -0.2) is 5.43 Å². The van der Waals surface area contributed by atoms with E-state index in [1.165, 1.54) is 12.3 Å². The largest absolute Gasteiger partial charge is 0.455 e. The summed E-state index contributed by atoms with van der Waals surface area (Å²) in [6.07, 6.45) is 1.23. The SMILES string of the molecule is O=C(Cc1ccccc1[N+](=O)[O-])NN=Cc1ccc(-c2ccc(Br)cc2)o1. The van der Waals surface area contributed by atoms with Crippen molar-refractivity contribution in [1.29, 1.82) is 0 Å². The number of furan rings is 1. The van der Waals surface area contributed by atoms with Gasteiger partial charge in [-0.15, -0.1) is 0 Å². The summed E-state index contributed by atoms with van der Waals surface area (Å²) in [6.45, 7) is 0. The first kappa shape index (κ1) is 18.5. The van der Waals surface area contributed by atoms with Crippen LogP contribution in [0.5, 0.6) is 0 Å². The molecule has 0 aliphatic carbocycles. The molecule has 8 heteroatoms. The molecule has 0 atom stereocenters. The van der Waals surface area contributed by atoms with Crippen LogP contribution in [0.2, 0.25) is 0 Å². The van der Waals surface area contributed by atoms with Crippen LogP contribution in [0.3, 0.4) is 0 Å². The van der Waals surface area contributed by atoms with Crippen LogP contribution in [0.4, 0.5) is 5.69 Å². The molecule has 0 unspecified atom stereocenters. The van der Waals surface area contributed by atoms with Gasteiger partial charge in [0.05, 0.1) is 17.6 Å². The highest BCUT2D eigenvalue weighted by molar-refractivity contribution is 9.10. The van der Waals surface area contributed by atoms with Gasteiger partial charge in [0.2, 0.25) is 5.91 Å². The quantitative estimate of drug-likeness (QED) is 0.359. The number of carbonyl (C=O) groups excluding carboxylic acids is 1. The Morgan fingerprint density at radius 3 is 2.63 bits per heavy atom. The minimum atomic E-state index is -0.515. The number of nitro benzene ring substituents is 1. The van der Waals surface area contributed by atoms with E-state index >= 15 is 0 Å². The van der Waals surface area contributed by atoms with Crippen molar-refractivity contribution in [1.82, 2.24) is 5.43 Å². The smallest absolute Gasteiger partial charge is 0.273 e. The second-order valence-corrected chi connectivity index (χ2v) is 6.48. The number of carbonyl (C=O) groups is 1. The molecule has 0 radical (unpaired) electrons. The van der Waals surface area contributed by atoms with Crippen LogP contribution in [0.1, 0.15) is 11.3 Å². The maximum Gasteiger partial charge on any atom is 0.273 e. The van der Waals surface area contributed by atoms with Gasteiger partial charge in [0, 0.05) is 21.7 Å². The zero-order chi connectivity index (χ0) is 19.2. The first-order valence-electron chi connectivity index (χ1n) is 7.93. The van der Waals surface area contributed by atoms with Crippen molar-refractivity contribution in [3.05, 3.63) is 86.6 Å². The number of para-hydroxylation sites is 1. The lowest BCUT2D eigenvalue weighted by Crippen LogP contribution is -2.20. The Bertz CT molecular complexity index is 996. The maximum absolute atomic E-state index is 12.0. The van der Waals surface area contributed by atoms with Crippen molar-refractivity contribution in [3.63, 3.8) is 0 Å². The van der Waals surface area contributed by atoms with Crippen molar-refractivity contribution >= 4 is 33.7 Å². The molecule has 1 heterocycles. The average molecular weight is 428 g/mol. The second-order valence-electron chi connectivity index (χ2n) is 5.56. The monoisotopic (exact) mass is 427 g/mol. The van der Waals surface area contributed by atoms with Gasteiger partial charge >= 0.3 is 0 Å². The van der Waals surface area contributed by atoms with Gasteiger partial charge < -0.3 is 4.42 Å². The lowest BCUT2D eigenvalue weighted by Gasteiger charge is -2.01. The van der Waals surface area contributed by atoms with Crippen molar-refractivity contribution in [2.75, 3.05) is 0 Å². The molecule has 0 saturated heterocycles. The zero-order valence-corrected chi connectivity index (χ0v) is 15.5. The molecule has 1 N–H and O–H groups in total. The Labute approximate surface area is 163 Å². The number of nitrogens with zero attached hydrogens (tertiary/aromatic N) is 2. The van der Waals surface area contributed by atoms with E-state index in [-0.39, 0.29) is 12.1 Å². The molecule has 2 aromatic carbocycles. The van der Waals surface area contributed by atoms with Crippen LogP contribution in [0.15, 0.2) is 74.7 Å². The van der Waals surface area contributed by atoms with E-state index in [4.69, 9.17) is 4.42 Å². The third kappa shape index (κ3) is 4.89. The molecule has 27 heavy (non-hydrogen) atoms. The predicted molar refractivity (Wildman–Crippen MR) is 104 cm³/mol. The van der Waals surface area contributed by atoms with Crippen LogP contribution in [0.25, 0.3) is 11.3 Å². The number of nitro groups is 1. The molecular weight excluding hydrogens is 414 g/mol. The summed E-state index contributed by atoms with van der Waals surface area (Å²) >= 11 is 3.38. The number of halogens is 1. The first-order chi connectivity index (χ1) is 13.0. The van der Waals surface area contributed by atoms with Crippen LogP contribution in [-0.4, -0.2) is 17.0 Å². The molecule has 7 nitrogen and oxygen atoms in total. The van der Waals surface area contributed by atoms with Crippen LogP contribution < -0.4 is 5.43 Å². The molecule has 0 saturated carbocycles. The van der Waals surface area contributed by atoms with E-state index in [1.807, 2.05) is 24.3 Å². The first-order valence-corrected chi connectivity index (χ1v) is 8.72. The lowest BCUT2D eigenvalue weighted by molar-refractivity contribution is -0.385. The highest BCUT2D eigenvalue weighted by Gasteiger charge is 2.15. The molecule has 3 aromatic rings.